The van der Waals surface area contributed by atoms with Crippen LogP contribution < -0.4 is 37.3 Å². The summed E-state index contributed by atoms with van der Waals surface area (Å²) in [5, 5.41) is 16.5. The van der Waals surface area contributed by atoms with Gasteiger partial charge in [0.15, 0.2) is 0 Å². The maximum absolute atomic E-state index is 8.49. The molecular weight excluding hydrogens is 711 g/mol. The molecule has 0 aliphatic rings. The van der Waals surface area contributed by atoms with E-state index in [1.165, 1.54) is 11.1 Å². The van der Waals surface area contributed by atoms with E-state index in [0.29, 0.717) is 0 Å². The van der Waals surface area contributed by atoms with Crippen LogP contribution in [-0.2, 0) is 30.2 Å². The Bertz CT molecular complexity index is 1560. The van der Waals surface area contributed by atoms with Crippen molar-refractivity contribution in [1.82, 2.24) is 40.0 Å². The average molecular weight is 735 g/mol. The molecule has 249 valence electrons. The predicted octanol–water partition coefficient (Wildman–Crippen LogP) is -4.74. The van der Waals surface area contributed by atoms with Crippen LogP contribution in [0.4, 0.5) is 0 Å². The van der Waals surface area contributed by atoms with Crippen LogP contribution in [0, 0.1) is 20.5 Å². The molecule has 0 amide bonds. The minimum atomic E-state index is -4.94. The monoisotopic (exact) mass is 733 g/mol. The fourth-order valence-corrected chi connectivity index (χ4v) is 3.56. The molecule has 1 radical (unpaired) electrons. The summed E-state index contributed by atoms with van der Waals surface area (Å²) in [7, 11) is -9.89. The van der Waals surface area contributed by atoms with Crippen LogP contribution in [-0.4, -0.2) is 40.0 Å². The Morgan fingerprint density at radius 2 is 0.766 bits per heavy atom. The predicted molar refractivity (Wildman–Crippen MR) is 138 cm³/mol. The van der Waals surface area contributed by atoms with E-state index >= 15 is 0 Å². The van der Waals surface area contributed by atoms with Crippen LogP contribution in [0.25, 0.3) is 22.8 Å². The molecule has 0 saturated heterocycles. The van der Waals surface area contributed by atoms with Crippen LogP contribution in [0.1, 0.15) is 11.1 Å². The van der Waals surface area contributed by atoms with Gasteiger partial charge in [-0.3, -0.25) is 9.97 Å². The van der Waals surface area contributed by atoms with Gasteiger partial charge in [0, 0.05) is 12.4 Å². The standard InChI is InChI=1S/2C14H12N4.2ClHO4.Cu/c2*1-2-6-12(7-3-1)10-18-11-14(16-17-18)13-8-4-5-9-15-13;2*2-1(3,4)5;/h2*1-9,11H,10H2;2*(H,2,3,4,5);/q;;;;+2/p-2. The maximum Gasteiger partial charge on any atom is 2.00 e. The first-order valence-corrected chi connectivity index (χ1v) is 15.2. The van der Waals surface area contributed by atoms with Gasteiger partial charge in [-0.05, 0) is 35.4 Å². The van der Waals surface area contributed by atoms with Crippen LogP contribution in [0.5, 0.6) is 0 Å². The Balaban J connectivity index is 0.000000251. The first-order chi connectivity index (χ1) is 21.8. The second-order valence-electron chi connectivity index (χ2n) is 8.76. The molecule has 0 spiro atoms. The van der Waals surface area contributed by atoms with E-state index in [4.69, 9.17) is 37.3 Å². The van der Waals surface area contributed by atoms with Crippen molar-refractivity contribution in [3.8, 4) is 22.8 Å². The summed E-state index contributed by atoms with van der Waals surface area (Å²) in [4.78, 5) is 8.51. The molecule has 0 aliphatic heterocycles. The molecule has 2 aromatic carbocycles. The summed E-state index contributed by atoms with van der Waals surface area (Å²) in [5.41, 5.74) is 5.69. The van der Waals surface area contributed by atoms with Crippen LogP contribution in [0.2, 0.25) is 0 Å². The largest absolute Gasteiger partial charge is 2.00 e. The SMILES string of the molecule is [Cu+2].[O-][Cl+3]([O-])([O-])[O-].[O-][Cl+3]([O-])([O-])[O-].c1ccc(Cn2cc(-c3ccccn3)nn2)cc1.c1ccc(Cn2cc(-c3ccccn3)nn2)cc1. The third-order valence-corrected chi connectivity index (χ3v) is 5.31. The third-order valence-electron chi connectivity index (χ3n) is 5.31. The molecule has 0 unspecified atom stereocenters. The van der Waals surface area contributed by atoms with Crippen LogP contribution >= 0.6 is 0 Å². The number of pyridine rings is 2. The maximum atomic E-state index is 8.49. The first kappa shape index (κ1) is 39.0. The number of hydrogen-bond donors (Lipinski definition) is 0. The normalized spacial score (nSPS) is 10.6. The van der Waals surface area contributed by atoms with Crippen molar-refractivity contribution in [1.29, 1.82) is 0 Å². The average Bonchev–Trinajstić information content (AvgIpc) is 3.68. The zero-order valence-electron chi connectivity index (χ0n) is 23.9. The molecule has 16 nitrogen and oxygen atoms in total. The molecule has 0 atom stereocenters. The number of hydrogen-bond acceptors (Lipinski definition) is 14. The van der Waals surface area contributed by atoms with Gasteiger partial charge in [0.1, 0.15) is 11.4 Å². The van der Waals surface area contributed by atoms with Gasteiger partial charge in [-0.25, -0.2) is 46.6 Å². The van der Waals surface area contributed by atoms with E-state index in [0.717, 1.165) is 35.9 Å². The number of nitrogens with zero attached hydrogens (tertiary/aromatic N) is 8. The van der Waals surface area contributed by atoms with Gasteiger partial charge in [0.2, 0.25) is 0 Å². The molecule has 47 heavy (non-hydrogen) atoms. The number of rotatable bonds is 6. The van der Waals surface area contributed by atoms with Gasteiger partial charge < -0.3 is 0 Å². The van der Waals surface area contributed by atoms with Gasteiger partial charge >= 0.3 is 17.1 Å². The Labute approximate surface area is 282 Å². The van der Waals surface area contributed by atoms with Gasteiger partial charge in [-0.1, -0.05) is 83.2 Å². The number of halogens is 2. The summed E-state index contributed by atoms with van der Waals surface area (Å²) < 4.78 is 71.6. The Kier molecular flexibility index (Phi) is 16.1. The molecule has 0 fully saturated rings. The smallest absolute Gasteiger partial charge is 0.254 e. The second kappa shape index (κ2) is 19.5. The zero-order chi connectivity index (χ0) is 33.4. The van der Waals surface area contributed by atoms with Crippen molar-refractivity contribution in [3.63, 3.8) is 0 Å². The van der Waals surface area contributed by atoms with Crippen molar-refractivity contribution >= 4 is 0 Å². The number of benzene rings is 2. The Morgan fingerprint density at radius 1 is 0.447 bits per heavy atom. The van der Waals surface area contributed by atoms with Crippen molar-refractivity contribution < 1.29 is 74.8 Å². The summed E-state index contributed by atoms with van der Waals surface area (Å²) in [5.74, 6) is 0. The van der Waals surface area contributed by atoms with E-state index in [1.54, 1.807) is 12.4 Å². The van der Waals surface area contributed by atoms with Crippen LogP contribution in [0.3, 0.4) is 0 Å². The van der Waals surface area contributed by atoms with Crippen molar-refractivity contribution in [3.05, 3.63) is 133 Å². The van der Waals surface area contributed by atoms with E-state index < -0.39 is 20.5 Å². The van der Waals surface area contributed by atoms with E-state index in [-0.39, 0.29) is 17.1 Å². The van der Waals surface area contributed by atoms with Gasteiger partial charge in [-0.15, -0.1) is 30.7 Å². The van der Waals surface area contributed by atoms with Gasteiger partial charge in [0.05, 0.1) is 36.9 Å². The van der Waals surface area contributed by atoms with Crippen molar-refractivity contribution in [2.45, 2.75) is 13.1 Å². The van der Waals surface area contributed by atoms with E-state index in [9.17, 15) is 0 Å². The first-order valence-electron chi connectivity index (χ1n) is 12.8. The summed E-state index contributed by atoms with van der Waals surface area (Å²) in [6.45, 7) is 1.45. The molecule has 0 bridgehead atoms. The minimum absolute atomic E-state index is 0. The molecule has 6 rings (SSSR count). The zero-order valence-corrected chi connectivity index (χ0v) is 26.3. The fraction of sp³-hybridized carbons (Fsp3) is 0.0714. The third kappa shape index (κ3) is 17.3. The Morgan fingerprint density at radius 3 is 1.06 bits per heavy atom. The van der Waals surface area contributed by atoms with Gasteiger partial charge in [-0.2, -0.15) is 0 Å². The summed E-state index contributed by atoms with van der Waals surface area (Å²) >= 11 is 0. The summed E-state index contributed by atoms with van der Waals surface area (Å²) in [6, 6.07) is 31.9. The molecule has 0 saturated carbocycles. The topological polar surface area (TPSA) is 272 Å². The summed E-state index contributed by atoms with van der Waals surface area (Å²) in [6.07, 6.45) is 7.34. The molecule has 6 aromatic rings. The van der Waals surface area contributed by atoms with E-state index in [2.05, 4.69) is 54.9 Å². The molecule has 4 aromatic heterocycles. The quantitative estimate of drug-likeness (QED) is 0.145. The van der Waals surface area contributed by atoms with Crippen LogP contribution in [0.15, 0.2) is 122 Å². The molecule has 19 heteroatoms. The molecular formula is C28H24Cl2CuN8O8. The Hall–Kier alpha value is -4.20. The fourth-order valence-electron chi connectivity index (χ4n) is 3.56. The van der Waals surface area contributed by atoms with Crippen molar-refractivity contribution in [2.75, 3.05) is 0 Å². The molecule has 0 aliphatic carbocycles. The minimum Gasteiger partial charge on any atom is -0.254 e. The second-order valence-corrected chi connectivity index (χ2v) is 10.3. The van der Waals surface area contributed by atoms with Gasteiger partial charge in [0.25, 0.3) is 0 Å². The number of aromatic nitrogens is 8. The molecule has 0 N–H and O–H groups in total. The molecule has 4 heterocycles. The van der Waals surface area contributed by atoms with Crippen molar-refractivity contribution in [2.24, 2.45) is 0 Å². The van der Waals surface area contributed by atoms with E-state index in [1.807, 2.05) is 94.6 Å².